The highest BCUT2D eigenvalue weighted by Gasteiger charge is 2.50. The largest absolute Gasteiger partial charge is 0.451 e. The second-order valence-corrected chi connectivity index (χ2v) is 7.97. The zero-order valence-corrected chi connectivity index (χ0v) is 14.1. The summed E-state index contributed by atoms with van der Waals surface area (Å²) in [5.41, 5.74) is 0.972. The fraction of sp³-hybridized carbons (Fsp3) is 0.842. The molecule has 1 saturated heterocycles. The van der Waals surface area contributed by atoms with Gasteiger partial charge in [0, 0.05) is 30.6 Å². The van der Waals surface area contributed by atoms with Gasteiger partial charge in [-0.05, 0) is 50.6 Å². The monoisotopic (exact) mass is 318 g/mol. The Kier molecular flexibility index (Phi) is 4.46. The molecule has 2 aliphatic heterocycles. The lowest BCUT2D eigenvalue weighted by Gasteiger charge is -2.45. The third-order valence-corrected chi connectivity index (χ3v) is 6.37. The highest BCUT2D eigenvalue weighted by atomic mass is 16.6. The van der Waals surface area contributed by atoms with Crippen LogP contribution in [-0.4, -0.2) is 36.2 Å². The van der Waals surface area contributed by atoms with Crippen molar-refractivity contribution in [1.29, 1.82) is 0 Å². The van der Waals surface area contributed by atoms with E-state index in [1.54, 1.807) is 6.08 Å². The van der Waals surface area contributed by atoms with E-state index in [0.717, 1.165) is 25.8 Å². The first-order chi connectivity index (χ1) is 11.3. The SMILES string of the molecule is O=C1C=C2CC(NC3CCCCC3)C3CC2(CCCCCN3)O1. The number of fused-ring (bicyclic) bond motifs is 1. The molecule has 4 aliphatic rings. The minimum absolute atomic E-state index is 0.115. The molecule has 2 N–H and O–H groups in total. The molecular formula is C19H30N2O2. The fourth-order valence-electron chi connectivity index (χ4n) is 5.13. The first-order valence-electron chi connectivity index (χ1n) is 9.69. The van der Waals surface area contributed by atoms with E-state index in [-0.39, 0.29) is 11.6 Å². The molecule has 2 heterocycles. The summed E-state index contributed by atoms with van der Waals surface area (Å²) < 4.78 is 5.85. The molecule has 0 aromatic rings. The Balaban J connectivity index is 1.53. The summed E-state index contributed by atoms with van der Waals surface area (Å²) in [5.74, 6) is -0.115. The number of rotatable bonds is 2. The van der Waals surface area contributed by atoms with E-state index < -0.39 is 0 Å². The first-order valence-corrected chi connectivity index (χ1v) is 9.69. The van der Waals surface area contributed by atoms with Crippen LogP contribution in [0, 0.1) is 0 Å². The molecule has 2 bridgehead atoms. The van der Waals surface area contributed by atoms with Gasteiger partial charge in [0.15, 0.2) is 0 Å². The van der Waals surface area contributed by atoms with Crippen LogP contribution in [0.15, 0.2) is 11.6 Å². The second kappa shape index (κ2) is 6.56. The number of nitrogens with one attached hydrogen (secondary N) is 2. The maximum absolute atomic E-state index is 11.9. The summed E-state index contributed by atoms with van der Waals surface area (Å²) in [4.78, 5) is 11.9. The molecule has 4 rings (SSSR count). The molecule has 0 amide bonds. The van der Waals surface area contributed by atoms with E-state index >= 15 is 0 Å². The van der Waals surface area contributed by atoms with Gasteiger partial charge in [-0.2, -0.15) is 0 Å². The second-order valence-electron chi connectivity index (χ2n) is 7.97. The molecule has 0 aromatic heterocycles. The van der Waals surface area contributed by atoms with E-state index in [0.29, 0.717) is 18.1 Å². The van der Waals surface area contributed by atoms with Crippen LogP contribution in [-0.2, 0) is 9.53 Å². The van der Waals surface area contributed by atoms with Crippen molar-refractivity contribution in [1.82, 2.24) is 10.6 Å². The molecule has 2 aliphatic carbocycles. The topological polar surface area (TPSA) is 50.4 Å². The quantitative estimate of drug-likeness (QED) is 0.769. The summed E-state index contributed by atoms with van der Waals surface area (Å²) in [6.07, 6.45) is 15.1. The van der Waals surface area contributed by atoms with Crippen LogP contribution in [0.5, 0.6) is 0 Å². The zero-order chi connectivity index (χ0) is 15.7. The molecule has 1 spiro atoms. The average molecular weight is 318 g/mol. The first kappa shape index (κ1) is 15.6. The van der Waals surface area contributed by atoms with E-state index in [1.807, 2.05) is 0 Å². The maximum atomic E-state index is 11.9. The molecule has 3 fully saturated rings. The Hall–Kier alpha value is -0.870. The van der Waals surface area contributed by atoms with Crippen molar-refractivity contribution >= 4 is 5.97 Å². The normalized spacial score (nSPS) is 38.8. The van der Waals surface area contributed by atoms with Crippen molar-refractivity contribution in [2.24, 2.45) is 0 Å². The minimum Gasteiger partial charge on any atom is -0.451 e. The fourth-order valence-corrected chi connectivity index (χ4v) is 5.13. The van der Waals surface area contributed by atoms with Crippen molar-refractivity contribution < 1.29 is 9.53 Å². The van der Waals surface area contributed by atoms with Crippen LogP contribution in [0.2, 0.25) is 0 Å². The molecule has 128 valence electrons. The number of carbonyl (C=O) groups is 1. The lowest BCUT2D eigenvalue weighted by Crippen LogP contribution is -2.58. The Morgan fingerprint density at radius 3 is 2.83 bits per heavy atom. The van der Waals surface area contributed by atoms with Crippen LogP contribution in [0.4, 0.5) is 0 Å². The molecule has 3 atom stereocenters. The summed E-state index contributed by atoms with van der Waals surface area (Å²) >= 11 is 0. The van der Waals surface area contributed by atoms with Gasteiger partial charge in [-0.25, -0.2) is 4.79 Å². The Bertz CT molecular complexity index is 484. The minimum atomic E-state index is -0.288. The van der Waals surface area contributed by atoms with E-state index in [4.69, 9.17) is 4.74 Å². The molecule has 0 radical (unpaired) electrons. The number of carbonyl (C=O) groups excluding carboxylic acids is 1. The lowest BCUT2D eigenvalue weighted by atomic mass is 9.73. The summed E-state index contributed by atoms with van der Waals surface area (Å²) in [6, 6.07) is 1.54. The number of esters is 1. The molecule has 4 nitrogen and oxygen atoms in total. The van der Waals surface area contributed by atoms with Crippen LogP contribution >= 0.6 is 0 Å². The van der Waals surface area contributed by atoms with Gasteiger partial charge in [-0.15, -0.1) is 0 Å². The molecule has 0 aromatic carbocycles. The smallest absolute Gasteiger partial charge is 0.331 e. The molecule has 23 heavy (non-hydrogen) atoms. The third-order valence-electron chi connectivity index (χ3n) is 6.37. The Morgan fingerprint density at radius 2 is 1.96 bits per heavy atom. The maximum Gasteiger partial charge on any atom is 0.331 e. The average Bonchev–Trinajstić information content (AvgIpc) is 2.90. The van der Waals surface area contributed by atoms with Crippen molar-refractivity contribution in [3.05, 3.63) is 11.6 Å². The summed E-state index contributed by atoms with van der Waals surface area (Å²) in [6.45, 7) is 1.09. The van der Waals surface area contributed by atoms with Crippen LogP contribution in [0.3, 0.4) is 0 Å². The van der Waals surface area contributed by atoms with Gasteiger partial charge in [-0.1, -0.05) is 25.7 Å². The summed E-state index contributed by atoms with van der Waals surface area (Å²) in [7, 11) is 0. The van der Waals surface area contributed by atoms with E-state index in [2.05, 4.69) is 10.6 Å². The van der Waals surface area contributed by atoms with Gasteiger partial charge in [-0.3, -0.25) is 0 Å². The summed E-state index contributed by atoms with van der Waals surface area (Å²) in [5, 5.41) is 7.71. The number of hydrogen-bond donors (Lipinski definition) is 2. The van der Waals surface area contributed by atoms with Crippen LogP contribution in [0.1, 0.15) is 70.6 Å². The molecular weight excluding hydrogens is 288 g/mol. The Labute approximate surface area is 139 Å². The van der Waals surface area contributed by atoms with Gasteiger partial charge >= 0.3 is 5.97 Å². The zero-order valence-electron chi connectivity index (χ0n) is 14.1. The van der Waals surface area contributed by atoms with Crippen molar-refractivity contribution in [2.45, 2.75) is 94.4 Å². The van der Waals surface area contributed by atoms with E-state index in [1.165, 1.54) is 56.9 Å². The van der Waals surface area contributed by atoms with Crippen molar-refractivity contribution in [3.8, 4) is 0 Å². The van der Waals surface area contributed by atoms with Gasteiger partial charge in [0.05, 0.1) is 0 Å². The van der Waals surface area contributed by atoms with Gasteiger partial charge in [0.2, 0.25) is 0 Å². The molecule has 4 heteroatoms. The van der Waals surface area contributed by atoms with Gasteiger partial charge in [0.25, 0.3) is 0 Å². The Morgan fingerprint density at radius 1 is 1.13 bits per heavy atom. The highest BCUT2D eigenvalue weighted by Crippen LogP contribution is 2.44. The number of hydrogen-bond acceptors (Lipinski definition) is 4. The van der Waals surface area contributed by atoms with Crippen molar-refractivity contribution in [3.63, 3.8) is 0 Å². The molecule has 3 unspecified atom stereocenters. The number of ether oxygens (including phenoxy) is 1. The van der Waals surface area contributed by atoms with Gasteiger partial charge in [0.1, 0.15) is 5.60 Å². The molecule has 2 saturated carbocycles. The van der Waals surface area contributed by atoms with E-state index in [9.17, 15) is 4.79 Å². The highest BCUT2D eigenvalue weighted by molar-refractivity contribution is 5.87. The van der Waals surface area contributed by atoms with Crippen LogP contribution in [0.25, 0.3) is 0 Å². The lowest BCUT2D eigenvalue weighted by molar-refractivity contribution is -0.148. The van der Waals surface area contributed by atoms with Gasteiger partial charge < -0.3 is 15.4 Å². The standard InChI is InChI=1S/C19H30N2O2/c22-18-12-14-11-16(21-15-7-3-1-4-8-15)17-13-19(14,23-18)9-5-2-6-10-20-17/h12,15-17,20-21H,1-11,13H2. The predicted octanol–water partition coefficient (Wildman–Crippen LogP) is 2.83. The predicted molar refractivity (Wildman–Crippen MR) is 90.2 cm³/mol. The van der Waals surface area contributed by atoms with Crippen LogP contribution < -0.4 is 10.6 Å². The van der Waals surface area contributed by atoms with Crippen molar-refractivity contribution in [2.75, 3.05) is 6.54 Å². The third kappa shape index (κ3) is 3.20.